The van der Waals surface area contributed by atoms with Gasteiger partial charge in [0.2, 0.25) is 0 Å². The van der Waals surface area contributed by atoms with Gasteiger partial charge in [-0.1, -0.05) is 24.3 Å². The molecule has 0 aliphatic rings. The van der Waals surface area contributed by atoms with Crippen LogP contribution in [-0.4, -0.2) is 24.4 Å². The maximum Gasteiger partial charge on any atom is 0.122 e. The standard InChI is InChI=1S/C18H20INO2/c1-2-5-14-6-3-4-7-18(14)22-13-17(21)12-20-16-10-8-15(19)9-11-16/h2-4,6-11,17,20-21H,1,5,12-13H2. The Balaban J connectivity index is 1.81. The molecule has 116 valence electrons. The first-order valence-electron chi connectivity index (χ1n) is 7.18. The van der Waals surface area contributed by atoms with E-state index in [1.54, 1.807) is 0 Å². The summed E-state index contributed by atoms with van der Waals surface area (Å²) in [5.41, 5.74) is 2.07. The van der Waals surface area contributed by atoms with Gasteiger partial charge in [-0.15, -0.1) is 6.58 Å². The fourth-order valence-corrected chi connectivity index (χ4v) is 2.38. The second kappa shape index (κ2) is 8.80. The number of halogens is 1. The molecule has 22 heavy (non-hydrogen) atoms. The van der Waals surface area contributed by atoms with E-state index in [1.165, 1.54) is 3.57 Å². The fourth-order valence-electron chi connectivity index (χ4n) is 2.02. The molecule has 0 bridgehead atoms. The second-order valence-electron chi connectivity index (χ2n) is 4.95. The van der Waals surface area contributed by atoms with Crippen LogP contribution in [0.25, 0.3) is 0 Å². The zero-order valence-corrected chi connectivity index (χ0v) is 14.5. The molecule has 1 unspecified atom stereocenters. The number of hydrogen-bond donors (Lipinski definition) is 2. The highest BCUT2D eigenvalue weighted by molar-refractivity contribution is 14.1. The lowest BCUT2D eigenvalue weighted by molar-refractivity contribution is 0.117. The van der Waals surface area contributed by atoms with Gasteiger partial charge in [-0.2, -0.15) is 0 Å². The number of rotatable bonds is 8. The molecule has 4 heteroatoms. The summed E-state index contributed by atoms with van der Waals surface area (Å²) in [5.74, 6) is 0.802. The van der Waals surface area contributed by atoms with Gasteiger partial charge in [0.25, 0.3) is 0 Å². The third-order valence-electron chi connectivity index (χ3n) is 3.15. The van der Waals surface area contributed by atoms with Crippen molar-refractivity contribution in [2.24, 2.45) is 0 Å². The monoisotopic (exact) mass is 409 g/mol. The van der Waals surface area contributed by atoms with E-state index in [0.29, 0.717) is 6.54 Å². The molecule has 2 rings (SSSR count). The van der Waals surface area contributed by atoms with Crippen LogP contribution in [0.15, 0.2) is 61.2 Å². The van der Waals surface area contributed by atoms with E-state index in [1.807, 2.05) is 54.6 Å². The molecule has 0 saturated carbocycles. The van der Waals surface area contributed by atoms with Crippen LogP contribution in [-0.2, 0) is 6.42 Å². The highest BCUT2D eigenvalue weighted by Gasteiger charge is 2.07. The van der Waals surface area contributed by atoms with Crippen LogP contribution in [0.2, 0.25) is 0 Å². The maximum absolute atomic E-state index is 10.0. The number of nitrogens with one attached hydrogen (secondary N) is 1. The van der Waals surface area contributed by atoms with Crippen LogP contribution in [0, 0.1) is 3.57 Å². The first kappa shape index (κ1) is 16.8. The van der Waals surface area contributed by atoms with Crippen molar-refractivity contribution in [1.82, 2.24) is 0 Å². The Labute approximate surface area is 145 Å². The van der Waals surface area contributed by atoms with Crippen molar-refractivity contribution in [2.75, 3.05) is 18.5 Å². The molecule has 0 aromatic heterocycles. The quantitative estimate of drug-likeness (QED) is 0.514. The first-order chi connectivity index (χ1) is 10.7. The predicted octanol–water partition coefficient (Wildman–Crippen LogP) is 3.87. The van der Waals surface area contributed by atoms with Gasteiger partial charge in [-0.3, -0.25) is 0 Å². The van der Waals surface area contributed by atoms with Gasteiger partial charge in [-0.25, -0.2) is 0 Å². The summed E-state index contributed by atoms with van der Waals surface area (Å²) in [6, 6.07) is 15.9. The minimum atomic E-state index is -0.573. The molecule has 3 nitrogen and oxygen atoms in total. The molecule has 0 amide bonds. The third-order valence-corrected chi connectivity index (χ3v) is 3.87. The van der Waals surface area contributed by atoms with Gasteiger partial charge in [0.05, 0.1) is 0 Å². The number of hydrogen-bond acceptors (Lipinski definition) is 3. The number of para-hydroxylation sites is 1. The lowest BCUT2D eigenvalue weighted by Crippen LogP contribution is -2.26. The third kappa shape index (κ3) is 5.35. The molecule has 2 N–H and O–H groups in total. The molecule has 0 saturated heterocycles. The lowest BCUT2D eigenvalue weighted by atomic mass is 10.1. The number of anilines is 1. The molecule has 2 aromatic carbocycles. The van der Waals surface area contributed by atoms with Gasteiger partial charge in [0.1, 0.15) is 18.5 Å². The summed E-state index contributed by atoms with van der Waals surface area (Å²) < 4.78 is 6.91. The molecule has 2 aromatic rings. The number of allylic oxidation sites excluding steroid dienone is 1. The number of ether oxygens (including phenoxy) is 1. The summed E-state index contributed by atoms with van der Waals surface area (Å²) in [4.78, 5) is 0. The Kier molecular flexibility index (Phi) is 6.74. The Morgan fingerprint density at radius 1 is 1.18 bits per heavy atom. The van der Waals surface area contributed by atoms with Crippen LogP contribution in [0.3, 0.4) is 0 Å². The molecule has 0 aliphatic carbocycles. The summed E-state index contributed by atoms with van der Waals surface area (Å²) >= 11 is 2.26. The van der Waals surface area contributed by atoms with Gasteiger partial charge in [0.15, 0.2) is 0 Å². The minimum Gasteiger partial charge on any atom is -0.491 e. The molecule has 0 spiro atoms. The predicted molar refractivity (Wildman–Crippen MR) is 99.5 cm³/mol. The van der Waals surface area contributed by atoms with Crippen molar-refractivity contribution in [3.63, 3.8) is 0 Å². The smallest absolute Gasteiger partial charge is 0.122 e. The van der Waals surface area contributed by atoms with E-state index in [9.17, 15) is 5.11 Å². The molecule has 0 fully saturated rings. The first-order valence-corrected chi connectivity index (χ1v) is 8.26. The van der Waals surface area contributed by atoms with E-state index in [0.717, 1.165) is 23.4 Å². The highest BCUT2D eigenvalue weighted by atomic mass is 127. The van der Waals surface area contributed by atoms with Gasteiger partial charge < -0.3 is 15.2 Å². The lowest BCUT2D eigenvalue weighted by Gasteiger charge is -2.15. The van der Waals surface area contributed by atoms with Crippen molar-refractivity contribution >= 4 is 28.3 Å². The van der Waals surface area contributed by atoms with Crippen LogP contribution >= 0.6 is 22.6 Å². The van der Waals surface area contributed by atoms with Crippen molar-refractivity contribution in [2.45, 2.75) is 12.5 Å². The Morgan fingerprint density at radius 3 is 2.64 bits per heavy atom. The van der Waals surface area contributed by atoms with E-state index < -0.39 is 6.10 Å². The Morgan fingerprint density at radius 2 is 1.91 bits per heavy atom. The molecule has 0 heterocycles. The van der Waals surface area contributed by atoms with Crippen molar-refractivity contribution in [3.05, 3.63) is 70.3 Å². The van der Waals surface area contributed by atoms with Crippen molar-refractivity contribution < 1.29 is 9.84 Å². The number of benzene rings is 2. The van der Waals surface area contributed by atoms with Gasteiger partial charge in [0, 0.05) is 15.8 Å². The van der Waals surface area contributed by atoms with Crippen molar-refractivity contribution in [3.8, 4) is 5.75 Å². The normalized spacial score (nSPS) is 11.7. The number of aliphatic hydroxyl groups is 1. The van der Waals surface area contributed by atoms with E-state index in [4.69, 9.17) is 4.74 Å². The second-order valence-corrected chi connectivity index (χ2v) is 6.20. The summed E-state index contributed by atoms with van der Waals surface area (Å²) in [6.45, 7) is 4.45. The molecular formula is C18H20INO2. The average Bonchev–Trinajstić information content (AvgIpc) is 2.54. The molecule has 0 aliphatic heterocycles. The Hall–Kier alpha value is -1.53. The summed E-state index contributed by atoms with van der Waals surface area (Å²) in [5, 5.41) is 13.2. The number of aliphatic hydroxyl groups excluding tert-OH is 1. The highest BCUT2D eigenvalue weighted by Crippen LogP contribution is 2.19. The van der Waals surface area contributed by atoms with E-state index >= 15 is 0 Å². The van der Waals surface area contributed by atoms with Crippen molar-refractivity contribution in [1.29, 1.82) is 0 Å². The molecule has 0 radical (unpaired) electrons. The topological polar surface area (TPSA) is 41.5 Å². The summed E-state index contributed by atoms with van der Waals surface area (Å²) in [7, 11) is 0. The zero-order valence-electron chi connectivity index (χ0n) is 12.3. The van der Waals surface area contributed by atoms with Crippen LogP contribution in [0.4, 0.5) is 5.69 Å². The fraction of sp³-hybridized carbons (Fsp3) is 0.222. The van der Waals surface area contributed by atoms with Crippen LogP contribution in [0.1, 0.15) is 5.56 Å². The zero-order chi connectivity index (χ0) is 15.8. The largest absolute Gasteiger partial charge is 0.491 e. The SMILES string of the molecule is C=CCc1ccccc1OCC(O)CNc1ccc(I)cc1. The van der Waals surface area contributed by atoms with Crippen LogP contribution < -0.4 is 10.1 Å². The maximum atomic E-state index is 10.0. The average molecular weight is 409 g/mol. The van der Waals surface area contributed by atoms with E-state index in [2.05, 4.69) is 34.5 Å². The van der Waals surface area contributed by atoms with Gasteiger partial charge in [-0.05, 0) is 64.9 Å². The Bertz CT molecular complexity index is 598. The summed E-state index contributed by atoms with van der Waals surface area (Å²) in [6.07, 6.45) is 2.03. The van der Waals surface area contributed by atoms with Gasteiger partial charge >= 0.3 is 0 Å². The molecular weight excluding hydrogens is 389 g/mol. The van der Waals surface area contributed by atoms with Crippen LogP contribution in [0.5, 0.6) is 5.75 Å². The minimum absolute atomic E-state index is 0.255. The van der Waals surface area contributed by atoms with E-state index in [-0.39, 0.29) is 6.61 Å². The molecule has 1 atom stereocenters.